The molecule has 0 aromatic heterocycles. The highest BCUT2D eigenvalue weighted by molar-refractivity contribution is 5.92. The van der Waals surface area contributed by atoms with Crippen molar-refractivity contribution < 1.29 is 61.9 Å². The Hall–Kier alpha value is -5.72. The summed E-state index contributed by atoms with van der Waals surface area (Å²) in [6.07, 6.45) is 9.19. The molecule has 5 rings (SSSR count). The number of hydrogen-bond acceptors (Lipinski definition) is 13. The molecule has 4 amide bonds. The lowest BCUT2D eigenvalue weighted by Gasteiger charge is -2.49. The van der Waals surface area contributed by atoms with Gasteiger partial charge in [0.2, 0.25) is 23.6 Å². The molecule has 17 nitrogen and oxygen atoms in total. The van der Waals surface area contributed by atoms with E-state index in [0.717, 1.165) is 61.6 Å². The van der Waals surface area contributed by atoms with E-state index in [0.29, 0.717) is 19.4 Å². The molecular formula is C58H82N4O13. The minimum Gasteiger partial charge on any atom is -0.466 e. The second kappa shape index (κ2) is 34.0. The van der Waals surface area contributed by atoms with Gasteiger partial charge in [-0.1, -0.05) is 169 Å². The minimum absolute atomic E-state index is 0.0520. The highest BCUT2D eigenvalue weighted by Crippen LogP contribution is 2.36. The Morgan fingerprint density at radius 1 is 0.640 bits per heavy atom. The second-order valence-corrected chi connectivity index (χ2v) is 19.5. The predicted octanol–water partition coefficient (Wildman–Crippen LogP) is 8.10. The van der Waals surface area contributed by atoms with Gasteiger partial charge in [0.1, 0.15) is 49.1 Å². The van der Waals surface area contributed by atoms with Crippen molar-refractivity contribution in [3.05, 3.63) is 108 Å². The number of amides is 4. The summed E-state index contributed by atoms with van der Waals surface area (Å²) in [5.41, 5.74) is 8.00. The van der Waals surface area contributed by atoms with E-state index in [9.17, 15) is 28.8 Å². The Balaban J connectivity index is 1.17. The lowest BCUT2D eigenvalue weighted by molar-refractivity contribution is -0.351. The van der Waals surface area contributed by atoms with Crippen molar-refractivity contribution in [2.45, 2.75) is 205 Å². The van der Waals surface area contributed by atoms with Gasteiger partial charge in [-0.25, -0.2) is 0 Å². The smallest absolute Gasteiger partial charge is 0.306 e. The molecule has 3 aromatic carbocycles. The molecule has 2 aliphatic heterocycles. The van der Waals surface area contributed by atoms with Crippen LogP contribution in [0.3, 0.4) is 0 Å². The minimum atomic E-state index is -1.22. The SMILES string of the molecule is CCCCCCCCCCCC(=O)OCCCCCCCC(=O)N[C@H]1C(OCc2ccccc2)O[C@@H]2CO[C@@H](c3ccccc3)O[C@H]2[C@@H]1O[C@H](C)C(=O)N[C@@H](C)C(=O)N[C@H](CCC(=O)OCc1ccccc1)C(N)=O. The zero-order valence-electron chi connectivity index (χ0n) is 44.3. The number of nitrogens with one attached hydrogen (secondary N) is 3. The van der Waals surface area contributed by atoms with Crippen LogP contribution in [0, 0.1) is 0 Å². The monoisotopic (exact) mass is 1040 g/mol. The number of unbranched alkanes of at least 4 members (excludes halogenated alkanes) is 12. The van der Waals surface area contributed by atoms with Crippen molar-refractivity contribution in [3.63, 3.8) is 0 Å². The molecule has 2 saturated heterocycles. The molecule has 3 aromatic rings. The van der Waals surface area contributed by atoms with Gasteiger partial charge in [-0.3, -0.25) is 28.8 Å². The van der Waals surface area contributed by atoms with Crippen molar-refractivity contribution >= 4 is 35.6 Å². The van der Waals surface area contributed by atoms with Gasteiger partial charge in [-0.15, -0.1) is 0 Å². The summed E-state index contributed by atoms with van der Waals surface area (Å²) >= 11 is 0. The fourth-order valence-electron chi connectivity index (χ4n) is 8.92. The van der Waals surface area contributed by atoms with Gasteiger partial charge >= 0.3 is 11.9 Å². The lowest BCUT2D eigenvalue weighted by atomic mass is 9.94. The van der Waals surface area contributed by atoms with Crippen molar-refractivity contribution in [3.8, 4) is 0 Å². The number of ether oxygens (including phenoxy) is 7. The largest absolute Gasteiger partial charge is 0.466 e. The Kier molecular flexibility index (Phi) is 27.3. The van der Waals surface area contributed by atoms with Crippen LogP contribution in [0.2, 0.25) is 0 Å². The van der Waals surface area contributed by atoms with E-state index in [4.69, 9.17) is 38.9 Å². The molecule has 17 heteroatoms. The van der Waals surface area contributed by atoms with Crippen molar-refractivity contribution in [1.82, 2.24) is 16.0 Å². The lowest BCUT2D eigenvalue weighted by Crippen LogP contribution is -2.68. The quantitative estimate of drug-likeness (QED) is 0.0323. The molecule has 9 atom stereocenters. The zero-order valence-corrected chi connectivity index (χ0v) is 44.3. The second-order valence-electron chi connectivity index (χ2n) is 19.5. The van der Waals surface area contributed by atoms with Crippen LogP contribution < -0.4 is 21.7 Å². The predicted molar refractivity (Wildman–Crippen MR) is 281 cm³/mol. The first-order valence-corrected chi connectivity index (χ1v) is 27.2. The van der Waals surface area contributed by atoms with E-state index in [1.165, 1.54) is 52.4 Å². The molecule has 412 valence electrons. The third-order valence-corrected chi connectivity index (χ3v) is 13.3. The summed E-state index contributed by atoms with van der Waals surface area (Å²) in [6.45, 7) is 5.83. The molecule has 0 spiro atoms. The van der Waals surface area contributed by atoms with Gasteiger partial charge in [0.25, 0.3) is 0 Å². The molecule has 2 aliphatic rings. The van der Waals surface area contributed by atoms with Gasteiger partial charge < -0.3 is 54.8 Å². The highest BCUT2D eigenvalue weighted by Gasteiger charge is 2.52. The Morgan fingerprint density at radius 3 is 1.85 bits per heavy atom. The molecule has 2 heterocycles. The van der Waals surface area contributed by atoms with Crippen LogP contribution in [-0.2, 0) is 75.1 Å². The van der Waals surface area contributed by atoms with E-state index in [1.807, 2.05) is 91.0 Å². The highest BCUT2D eigenvalue weighted by atomic mass is 16.8. The van der Waals surface area contributed by atoms with Gasteiger partial charge in [-0.05, 0) is 50.7 Å². The van der Waals surface area contributed by atoms with Crippen LogP contribution >= 0.6 is 0 Å². The topological polar surface area (TPSA) is 229 Å². The Morgan fingerprint density at radius 2 is 1.21 bits per heavy atom. The van der Waals surface area contributed by atoms with E-state index >= 15 is 0 Å². The van der Waals surface area contributed by atoms with Crippen LogP contribution in [-0.4, -0.2) is 97.6 Å². The maximum atomic E-state index is 13.9. The fourth-order valence-corrected chi connectivity index (χ4v) is 8.92. The molecule has 0 bridgehead atoms. The summed E-state index contributed by atoms with van der Waals surface area (Å²) in [5.74, 6) is -3.25. The van der Waals surface area contributed by atoms with E-state index < -0.39 is 78.8 Å². The third kappa shape index (κ3) is 22.2. The summed E-state index contributed by atoms with van der Waals surface area (Å²) in [5, 5.41) is 8.30. The molecule has 1 unspecified atom stereocenters. The van der Waals surface area contributed by atoms with Crippen LogP contribution in [0.4, 0.5) is 0 Å². The Labute approximate surface area is 443 Å². The van der Waals surface area contributed by atoms with E-state index in [2.05, 4.69) is 22.9 Å². The number of esters is 2. The average Bonchev–Trinajstić information content (AvgIpc) is 3.42. The number of rotatable bonds is 35. The zero-order chi connectivity index (χ0) is 53.6. The molecule has 75 heavy (non-hydrogen) atoms. The molecule has 5 N–H and O–H groups in total. The molecule has 2 fully saturated rings. The Bertz CT molecular complexity index is 2150. The van der Waals surface area contributed by atoms with Crippen molar-refractivity contribution in [2.24, 2.45) is 5.73 Å². The van der Waals surface area contributed by atoms with Crippen LogP contribution in [0.15, 0.2) is 91.0 Å². The van der Waals surface area contributed by atoms with E-state index in [-0.39, 0.29) is 51.0 Å². The molecule has 0 radical (unpaired) electrons. The molecular weight excluding hydrogens is 961 g/mol. The number of nitrogens with two attached hydrogens (primary N) is 1. The standard InChI is InChI=1S/C58H82N4O13/c1-4-5-6-7-8-9-10-13-25-34-49(64)69-37-26-14-11-12-24-33-48(63)62-51-53(52-47(40-72-57(75-52)45-31-22-17-23-32-45)74-58(51)71-39-44-29-20-16-21-30-44)73-42(3)56(68)60-41(2)55(67)61-46(54(59)66)35-36-50(65)70-38-43-27-18-15-19-28-43/h15-23,27-32,41-42,46-47,51-53,57-58H,4-14,24-26,33-40H2,1-3H3,(H2,59,66)(H,60,68)(H,61,67)(H,62,63)/t41-,42+,46+,47+,51+,52+,53+,57+,58?/m0/s1. The normalized spacial score (nSPS) is 20.4. The van der Waals surface area contributed by atoms with Crippen LogP contribution in [0.1, 0.15) is 159 Å². The molecule has 0 saturated carbocycles. The summed E-state index contributed by atoms with van der Waals surface area (Å²) in [7, 11) is 0. The first-order valence-electron chi connectivity index (χ1n) is 27.2. The average molecular weight is 1040 g/mol. The number of primary amides is 1. The van der Waals surface area contributed by atoms with Crippen LogP contribution in [0.5, 0.6) is 0 Å². The maximum absolute atomic E-state index is 13.9. The van der Waals surface area contributed by atoms with Crippen LogP contribution in [0.25, 0.3) is 0 Å². The van der Waals surface area contributed by atoms with E-state index in [1.54, 1.807) is 0 Å². The fraction of sp³-hybridized carbons (Fsp3) is 0.586. The number of carbonyl (C=O) groups excluding carboxylic acids is 6. The molecule has 0 aliphatic carbocycles. The van der Waals surface area contributed by atoms with Gasteiger partial charge in [0.15, 0.2) is 12.6 Å². The van der Waals surface area contributed by atoms with Gasteiger partial charge in [-0.2, -0.15) is 0 Å². The third-order valence-electron chi connectivity index (χ3n) is 13.3. The van der Waals surface area contributed by atoms with Crippen molar-refractivity contribution in [2.75, 3.05) is 13.2 Å². The number of carbonyl (C=O) groups is 6. The number of fused-ring (bicyclic) bond motifs is 1. The van der Waals surface area contributed by atoms with Crippen molar-refractivity contribution in [1.29, 1.82) is 0 Å². The summed E-state index contributed by atoms with van der Waals surface area (Å²) in [6, 6.07) is 24.6. The maximum Gasteiger partial charge on any atom is 0.306 e. The first-order chi connectivity index (χ1) is 36.4. The number of hydrogen-bond donors (Lipinski definition) is 4. The summed E-state index contributed by atoms with van der Waals surface area (Å²) < 4.78 is 43.1. The van der Waals surface area contributed by atoms with Gasteiger partial charge in [0, 0.05) is 24.8 Å². The number of benzene rings is 3. The first kappa shape index (κ1) is 60.1. The van der Waals surface area contributed by atoms with Gasteiger partial charge in [0.05, 0.1) is 19.8 Å². The summed E-state index contributed by atoms with van der Waals surface area (Å²) in [4.78, 5) is 78.3.